The van der Waals surface area contributed by atoms with Gasteiger partial charge in [0.2, 0.25) is 0 Å². The molecule has 0 amide bonds. The van der Waals surface area contributed by atoms with Crippen LogP contribution in [0.4, 0.5) is 0 Å². The monoisotopic (exact) mass is 210 g/mol. The second-order valence-corrected chi connectivity index (χ2v) is 5.06. The highest BCUT2D eigenvalue weighted by Crippen LogP contribution is 2.33. The van der Waals surface area contributed by atoms with Crippen molar-refractivity contribution in [2.45, 2.75) is 77.6 Å². The van der Waals surface area contributed by atoms with E-state index in [2.05, 4.69) is 6.92 Å². The number of carbonyl (C=O) groups is 1. The topological polar surface area (TPSA) is 17.1 Å². The number of hydrogen-bond acceptors (Lipinski definition) is 1. The molecule has 0 aliphatic heterocycles. The molecule has 1 aliphatic carbocycles. The fourth-order valence-corrected chi connectivity index (χ4v) is 2.03. The summed E-state index contributed by atoms with van der Waals surface area (Å²) >= 11 is 0. The SMILES string of the molecule is CCCCCCCCCC(=O)CC1CC1. The van der Waals surface area contributed by atoms with Gasteiger partial charge >= 0.3 is 0 Å². The van der Waals surface area contributed by atoms with Gasteiger partial charge in [0.1, 0.15) is 5.78 Å². The molecule has 1 nitrogen and oxygen atoms in total. The molecule has 1 saturated carbocycles. The van der Waals surface area contributed by atoms with Crippen molar-refractivity contribution in [3.8, 4) is 0 Å². The van der Waals surface area contributed by atoms with Crippen molar-refractivity contribution >= 4 is 5.78 Å². The van der Waals surface area contributed by atoms with Gasteiger partial charge in [-0.25, -0.2) is 0 Å². The maximum atomic E-state index is 11.4. The van der Waals surface area contributed by atoms with E-state index in [0.29, 0.717) is 5.78 Å². The minimum absolute atomic E-state index is 0.519. The molecule has 1 rings (SSSR count). The van der Waals surface area contributed by atoms with Crippen LogP contribution in [0.15, 0.2) is 0 Å². The van der Waals surface area contributed by atoms with Crippen molar-refractivity contribution in [2.75, 3.05) is 0 Å². The fraction of sp³-hybridized carbons (Fsp3) is 0.929. The van der Waals surface area contributed by atoms with Crippen LogP contribution in [0.1, 0.15) is 77.6 Å². The summed E-state index contributed by atoms with van der Waals surface area (Å²) < 4.78 is 0. The number of ketones is 1. The van der Waals surface area contributed by atoms with Crippen LogP contribution in [0.5, 0.6) is 0 Å². The van der Waals surface area contributed by atoms with Crippen molar-refractivity contribution < 1.29 is 4.79 Å². The van der Waals surface area contributed by atoms with E-state index in [-0.39, 0.29) is 0 Å². The number of rotatable bonds is 10. The molecule has 1 fully saturated rings. The van der Waals surface area contributed by atoms with Crippen molar-refractivity contribution in [1.82, 2.24) is 0 Å². The third-order valence-electron chi connectivity index (χ3n) is 3.27. The van der Waals surface area contributed by atoms with Crippen LogP contribution in [0, 0.1) is 5.92 Å². The minimum atomic E-state index is 0.519. The molecule has 1 heteroatoms. The van der Waals surface area contributed by atoms with E-state index < -0.39 is 0 Å². The van der Waals surface area contributed by atoms with E-state index in [1.165, 1.54) is 51.4 Å². The molecule has 0 aromatic heterocycles. The molecular formula is C14H26O. The summed E-state index contributed by atoms with van der Waals surface area (Å²) in [6.45, 7) is 2.25. The molecule has 0 atom stereocenters. The Morgan fingerprint density at radius 3 is 2.20 bits per heavy atom. The Morgan fingerprint density at radius 2 is 1.60 bits per heavy atom. The van der Waals surface area contributed by atoms with Crippen molar-refractivity contribution in [3.63, 3.8) is 0 Å². The van der Waals surface area contributed by atoms with Crippen molar-refractivity contribution in [2.24, 2.45) is 5.92 Å². The predicted octanol–water partition coefficient (Wildman–Crippen LogP) is 4.50. The number of hydrogen-bond donors (Lipinski definition) is 0. The number of Topliss-reactive ketones (excluding diaryl/α,β-unsaturated/α-hetero) is 1. The fourth-order valence-electron chi connectivity index (χ4n) is 2.03. The summed E-state index contributed by atoms with van der Waals surface area (Å²) in [4.78, 5) is 11.4. The van der Waals surface area contributed by atoms with Gasteiger partial charge in [-0.15, -0.1) is 0 Å². The molecule has 0 aromatic carbocycles. The quantitative estimate of drug-likeness (QED) is 0.485. The second-order valence-electron chi connectivity index (χ2n) is 5.06. The third-order valence-corrected chi connectivity index (χ3v) is 3.27. The second kappa shape index (κ2) is 7.90. The first-order valence-corrected chi connectivity index (χ1v) is 6.84. The average Bonchev–Trinajstić information content (AvgIpc) is 3.00. The average molecular weight is 210 g/mol. The van der Waals surface area contributed by atoms with E-state index in [1.807, 2.05) is 0 Å². The van der Waals surface area contributed by atoms with Gasteiger partial charge in [0.05, 0.1) is 0 Å². The van der Waals surface area contributed by atoms with Crippen LogP contribution in [0.2, 0.25) is 0 Å². The zero-order chi connectivity index (χ0) is 10.9. The third kappa shape index (κ3) is 7.58. The van der Waals surface area contributed by atoms with Gasteiger partial charge < -0.3 is 0 Å². The Morgan fingerprint density at radius 1 is 1.00 bits per heavy atom. The molecule has 0 heterocycles. The van der Waals surface area contributed by atoms with Gasteiger partial charge in [-0.1, -0.05) is 45.4 Å². The summed E-state index contributed by atoms with van der Waals surface area (Å²) in [6.07, 6.45) is 13.5. The Kier molecular flexibility index (Phi) is 6.71. The van der Waals surface area contributed by atoms with Crippen LogP contribution in [0.25, 0.3) is 0 Å². The lowest BCUT2D eigenvalue weighted by molar-refractivity contribution is -0.119. The molecule has 1 aliphatic rings. The first kappa shape index (κ1) is 12.7. The molecule has 15 heavy (non-hydrogen) atoms. The van der Waals surface area contributed by atoms with Crippen LogP contribution in [0.3, 0.4) is 0 Å². The van der Waals surface area contributed by atoms with E-state index in [9.17, 15) is 4.79 Å². The van der Waals surface area contributed by atoms with E-state index in [0.717, 1.165) is 25.2 Å². The van der Waals surface area contributed by atoms with E-state index >= 15 is 0 Å². The number of carbonyl (C=O) groups excluding carboxylic acids is 1. The molecule has 0 spiro atoms. The van der Waals surface area contributed by atoms with E-state index in [4.69, 9.17) is 0 Å². The predicted molar refractivity (Wildman–Crippen MR) is 65.0 cm³/mol. The van der Waals surface area contributed by atoms with Crippen LogP contribution >= 0.6 is 0 Å². The highest BCUT2D eigenvalue weighted by molar-refractivity contribution is 5.78. The van der Waals surface area contributed by atoms with Crippen LogP contribution < -0.4 is 0 Å². The van der Waals surface area contributed by atoms with E-state index in [1.54, 1.807) is 0 Å². The van der Waals surface area contributed by atoms with Gasteiger partial charge in [0, 0.05) is 12.8 Å². The molecule has 0 N–H and O–H groups in total. The molecule has 0 unspecified atom stereocenters. The summed E-state index contributed by atoms with van der Waals surface area (Å²) in [5.41, 5.74) is 0. The van der Waals surface area contributed by atoms with Gasteiger partial charge in [-0.2, -0.15) is 0 Å². The van der Waals surface area contributed by atoms with Gasteiger partial charge in [-0.3, -0.25) is 4.79 Å². The first-order chi connectivity index (χ1) is 7.33. The van der Waals surface area contributed by atoms with Crippen molar-refractivity contribution in [3.05, 3.63) is 0 Å². The molecule has 0 radical (unpaired) electrons. The zero-order valence-electron chi connectivity index (χ0n) is 10.3. The standard InChI is InChI=1S/C14H26O/c1-2-3-4-5-6-7-8-9-14(15)12-13-10-11-13/h13H,2-12H2,1H3. The highest BCUT2D eigenvalue weighted by Gasteiger charge is 2.23. The molecular weight excluding hydrogens is 184 g/mol. The Balaban J connectivity index is 1.77. The zero-order valence-corrected chi connectivity index (χ0v) is 10.3. The highest BCUT2D eigenvalue weighted by atomic mass is 16.1. The lowest BCUT2D eigenvalue weighted by Crippen LogP contribution is -1.98. The van der Waals surface area contributed by atoms with Gasteiger partial charge in [-0.05, 0) is 25.2 Å². The molecule has 88 valence electrons. The maximum Gasteiger partial charge on any atom is 0.133 e. The van der Waals surface area contributed by atoms with Gasteiger partial charge in [0.15, 0.2) is 0 Å². The molecule has 0 saturated heterocycles. The lowest BCUT2D eigenvalue weighted by Gasteiger charge is -2.01. The van der Waals surface area contributed by atoms with Crippen LogP contribution in [-0.2, 0) is 4.79 Å². The maximum absolute atomic E-state index is 11.4. The lowest BCUT2D eigenvalue weighted by atomic mass is 10.0. The minimum Gasteiger partial charge on any atom is -0.300 e. The summed E-state index contributed by atoms with van der Waals surface area (Å²) in [6, 6.07) is 0. The summed E-state index contributed by atoms with van der Waals surface area (Å²) in [5, 5.41) is 0. The van der Waals surface area contributed by atoms with Gasteiger partial charge in [0.25, 0.3) is 0 Å². The summed E-state index contributed by atoms with van der Waals surface area (Å²) in [5.74, 6) is 1.30. The van der Waals surface area contributed by atoms with Crippen molar-refractivity contribution in [1.29, 1.82) is 0 Å². The Labute approximate surface area is 94.6 Å². The normalized spacial score (nSPS) is 15.5. The Bertz CT molecular complexity index is 170. The molecule has 0 aromatic rings. The Hall–Kier alpha value is -0.330. The smallest absolute Gasteiger partial charge is 0.133 e. The first-order valence-electron chi connectivity index (χ1n) is 6.84. The summed E-state index contributed by atoms with van der Waals surface area (Å²) in [7, 11) is 0. The molecule has 0 bridgehead atoms. The largest absolute Gasteiger partial charge is 0.300 e. The number of unbranched alkanes of at least 4 members (excludes halogenated alkanes) is 6. The van der Waals surface area contributed by atoms with Crippen LogP contribution in [-0.4, -0.2) is 5.78 Å².